The van der Waals surface area contributed by atoms with Crippen LogP contribution in [0, 0.1) is 11.7 Å². The molecule has 1 aliphatic heterocycles. The van der Waals surface area contributed by atoms with E-state index in [4.69, 9.17) is 10.9 Å². The Balaban J connectivity index is 2.07. The van der Waals surface area contributed by atoms with Gasteiger partial charge in [-0.15, -0.1) is 0 Å². The highest BCUT2D eigenvalue weighted by atomic mass is 19.1. The van der Waals surface area contributed by atoms with Gasteiger partial charge >= 0.3 is 0 Å². The van der Waals surface area contributed by atoms with Crippen molar-refractivity contribution in [2.45, 2.75) is 26.0 Å². The number of benzene rings is 1. The number of nitrogens with zero attached hydrogens (tertiary/aromatic N) is 2. The van der Waals surface area contributed by atoms with E-state index in [9.17, 15) is 9.50 Å². The number of rotatable bonds is 3. The predicted octanol–water partition coefficient (Wildman–Crippen LogP) is 1.12. The number of piperidine rings is 1. The van der Waals surface area contributed by atoms with Crippen LogP contribution in [0.4, 0.5) is 4.39 Å². The minimum Gasteiger partial charge on any atom is -0.409 e. The normalized spacial score (nSPS) is 24.9. The van der Waals surface area contributed by atoms with E-state index in [1.165, 1.54) is 6.07 Å². The van der Waals surface area contributed by atoms with E-state index >= 15 is 0 Å². The molecule has 0 radical (unpaired) electrons. The fraction of sp³-hybridized carbons (Fsp3) is 0.500. The fourth-order valence-electron chi connectivity index (χ4n) is 2.50. The highest BCUT2D eigenvalue weighted by Gasteiger charge is 2.24. The molecule has 6 heteroatoms. The second-order valence-corrected chi connectivity index (χ2v) is 5.36. The molecule has 2 atom stereocenters. The zero-order valence-corrected chi connectivity index (χ0v) is 11.5. The molecule has 110 valence electrons. The van der Waals surface area contributed by atoms with Gasteiger partial charge in [-0.25, -0.2) is 4.39 Å². The van der Waals surface area contributed by atoms with Crippen molar-refractivity contribution in [3.63, 3.8) is 0 Å². The Hall–Kier alpha value is -1.66. The largest absolute Gasteiger partial charge is 0.409 e. The van der Waals surface area contributed by atoms with Gasteiger partial charge in [0.05, 0.1) is 6.10 Å². The number of aliphatic hydroxyl groups is 1. The molecule has 2 unspecified atom stereocenters. The summed E-state index contributed by atoms with van der Waals surface area (Å²) < 4.78 is 14.0. The molecule has 1 aromatic carbocycles. The average molecular weight is 281 g/mol. The Bertz CT molecular complexity index is 507. The van der Waals surface area contributed by atoms with Crippen LogP contribution in [0.15, 0.2) is 23.4 Å². The first-order valence-electron chi connectivity index (χ1n) is 6.68. The molecule has 1 heterocycles. The summed E-state index contributed by atoms with van der Waals surface area (Å²) in [7, 11) is 0. The van der Waals surface area contributed by atoms with Crippen molar-refractivity contribution in [1.29, 1.82) is 0 Å². The Morgan fingerprint density at radius 2 is 2.30 bits per heavy atom. The zero-order valence-electron chi connectivity index (χ0n) is 11.5. The Morgan fingerprint density at radius 3 is 2.90 bits per heavy atom. The van der Waals surface area contributed by atoms with Crippen molar-refractivity contribution in [2.75, 3.05) is 13.1 Å². The topological polar surface area (TPSA) is 82.1 Å². The molecule has 0 amide bonds. The zero-order chi connectivity index (χ0) is 14.7. The smallest absolute Gasteiger partial charge is 0.170 e. The third kappa shape index (κ3) is 3.26. The molecule has 0 spiro atoms. The van der Waals surface area contributed by atoms with E-state index in [1.807, 2.05) is 6.92 Å². The average Bonchev–Trinajstić information content (AvgIpc) is 2.44. The second-order valence-electron chi connectivity index (χ2n) is 5.36. The first-order valence-corrected chi connectivity index (χ1v) is 6.68. The summed E-state index contributed by atoms with van der Waals surface area (Å²) in [6, 6.07) is 4.56. The lowest BCUT2D eigenvalue weighted by atomic mass is 9.96. The quantitative estimate of drug-likeness (QED) is 0.336. The third-order valence-electron chi connectivity index (χ3n) is 3.79. The van der Waals surface area contributed by atoms with Gasteiger partial charge in [0.15, 0.2) is 5.84 Å². The van der Waals surface area contributed by atoms with Gasteiger partial charge in [0, 0.05) is 30.8 Å². The molecule has 2 rings (SSSR count). The summed E-state index contributed by atoms with van der Waals surface area (Å²) in [6.07, 6.45) is 0.449. The van der Waals surface area contributed by atoms with Crippen molar-refractivity contribution in [3.05, 3.63) is 35.1 Å². The molecular formula is C14H20FN3O2. The Labute approximate surface area is 117 Å². The minimum atomic E-state index is -0.368. The molecule has 0 aliphatic carbocycles. The molecule has 1 saturated heterocycles. The van der Waals surface area contributed by atoms with Crippen LogP contribution >= 0.6 is 0 Å². The summed E-state index contributed by atoms with van der Waals surface area (Å²) in [4.78, 5) is 2.12. The van der Waals surface area contributed by atoms with Gasteiger partial charge in [-0.3, -0.25) is 4.90 Å². The van der Waals surface area contributed by atoms with Gasteiger partial charge in [0.1, 0.15) is 5.82 Å². The standard InChI is InChI=1S/C14H20FN3O2/c1-9-7-18(5-4-13(9)19)8-11-3-2-10(6-12(11)15)14(16)17-20/h2-3,6,9,13,19-20H,4-5,7-8H2,1H3,(H2,16,17). The lowest BCUT2D eigenvalue weighted by Crippen LogP contribution is -2.41. The van der Waals surface area contributed by atoms with Gasteiger partial charge in [-0.2, -0.15) is 0 Å². The summed E-state index contributed by atoms with van der Waals surface area (Å²) in [5.41, 5.74) is 6.36. The molecule has 1 aromatic rings. The minimum absolute atomic E-state index is 0.106. The molecule has 1 aliphatic rings. The predicted molar refractivity (Wildman–Crippen MR) is 74.0 cm³/mol. The maximum absolute atomic E-state index is 14.0. The number of amidine groups is 1. The van der Waals surface area contributed by atoms with Crippen LogP contribution in [-0.4, -0.2) is 40.2 Å². The Kier molecular flexibility index (Phi) is 4.57. The van der Waals surface area contributed by atoms with Crippen LogP contribution in [0.5, 0.6) is 0 Å². The van der Waals surface area contributed by atoms with E-state index in [0.29, 0.717) is 24.1 Å². The number of likely N-dealkylation sites (tertiary alicyclic amines) is 1. The van der Waals surface area contributed by atoms with E-state index < -0.39 is 0 Å². The van der Waals surface area contributed by atoms with Crippen molar-refractivity contribution >= 4 is 5.84 Å². The molecular weight excluding hydrogens is 261 g/mol. The van der Waals surface area contributed by atoms with Crippen LogP contribution in [0.2, 0.25) is 0 Å². The first kappa shape index (κ1) is 14.7. The van der Waals surface area contributed by atoms with Crippen molar-refractivity contribution in [3.8, 4) is 0 Å². The lowest BCUT2D eigenvalue weighted by molar-refractivity contribution is 0.0316. The number of nitrogens with two attached hydrogens (primary N) is 1. The number of hydrogen-bond acceptors (Lipinski definition) is 4. The van der Waals surface area contributed by atoms with Crippen molar-refractivity contribution < 1.29 is 14.7 Å². The van der Waals surface area contributed by atoms with Gasteiger partial charge < -0.3 is 16.0 Å². The SMILES string of the molecule is CC1CN(Cc2ccc(/C(N)=N/O)cc2F)CCC1O. The first-order chi connectivity index (χ1) is 9.51. The van der Waals surface area contributed by atoms with E-state index in [2.05, 4.69) is 10.1 Å². The van der Waals surface area contributed by atoms with Crippen LogP contribution < -0.4 is 5.73 Å². The van der Waals surface area contributed by atoms with Gasteiger partial charge in [0.25, 0.3) is 0 Å². The molecule has 4 N–H and O–H groups in total. The number of halogens is 1. The monoisotopic (exact) mass is 281 g/mol. The summed E-state index contributed by atoms with van der Waals surface area (Å²) >= 11 is 0. The highest BCUT2D eigenvalue weighted by Crippen LogP contribution is 2.20. The molecule has 0 aromatic heterocycles. The molecule has 0 bridgehead atoms. The van der Waals surface area contributed by atoms with Crippen LogP contribution in [0.1, 0.15) is 24.5 Å². The van der Waals surface area contributed by atoms with Crippen LogP contribution in [0.25, 0.3) is 0 Å². The lowest BCUT2D eigenvalue weighted by Gasteiger charge is -2.34. The molecule has 20 heavy (non-hydrogen) atoms. The van der Waals surface area contributed by atoms with Gasteiger partial charge in [-0.05, 0) is 18.4 Å². The fourth-order valence-corrected chi connectivity index (χ4v) is 2.50. The van der Waals surface area contributed by atoms with E-state index in [0.717, 1.165) is 13.1 Å². The summed E-state index contributed by atoms with van der Waals surface area (Å²) in [5, 5.41) is 21.1. The molecule has 5 nitrogen and oxygen atoms in total. The maximum atomic E-state index is 14.0. The molecule has 0 saturated carbocycles. The van der Waals surface area contributed by atoms with Crippen LogP contribution in [-0.2, 0) is 6.54 Å². The van der Waals surface area contributed by atoms with Crippen molar-refractivity contribution in [2.24, 2.45) is 16.8 Å². The van der Waals surface area contributed by atoms with Gasteiger partial charge in [-0.1, -0.05) is 24.2 Å². The van der Waals surface area contributed by atoms with Crippen LogP contribution in [0.3, 0.4) is 0 Å². The summed E-state index contributed by atoms with van der Waals surface area (Å²) in [6.45, 7) is 4.00. The number of oxime groups is 1. The number of aliphatic hydroxyl groups excluding tert-OH is 1. The maximum Gasteiger partial charge on any atom is 0.170 e. The summed E-state index contributed by atoms with van der Waals surface area (Å²) in [5.74, 6) is -0.277. The number of hydrogen-bond donors (Lipinski definition) is 3. The second kappa shape index (κ2) is 6.19. The Morgan fingerprint density at radius 1 is 1.55 bits per heavy atom. The third-order valence-corrected chi connectivity index (χ3v) is 3.79. The van der Waals surface area contributed by atoms with Gasteiger partial charge in [0.2, 0.25) is 0 Å². The van der Waals surface area contributed by atoms with E-state index in [-0.39, 0.29) is 23.7 Å². The van der Waals surface area contributed by atoms with E-state index in [1.54, 1.807) is 12.1 Å². The van der Waals surface area contributed by atoms with Crippen molar-refractivity contribution in [1.82, 2.24) is 4.90 Å². The highest BCUT2D eigenvalue weighted by molar-refractivity contribution is 5.97. The molecule has 1 fully saturated rings.